The van der Waals surface area contributed by atoms with Crippen LogP contribution in [0.25, 0.3) is 0 Å². The molecular weight excluding hydrogens is 288 g/mol. The first-order valence-corrected chi connectivity index (χ1v) is 8.10. The van der Waals surface area contributed by atoms with Gasteiger partial charge in [0.2, 0.25) is 10.0 Å². The Hall–Kier alpha value is -1.42. The third-order valence-electron chi connectivity index (χ3n) is 3.61. The fourth-order valence-corrected chi connectivity index (χ4v) is 4.00. The molecule has 1 N–H and O–H groups in total. The summed E-state index contributed by atoms with van der Waals surface area (Å²) < 4.78 is 26.7. The quantitative estimate of drug-likeness (QED) is 0.921. The van der Waals surface area contributed by atoms with Crippen LogP contribution in [0, 0.1) is 23.7 Å². The first-order chi connectivity index (χ1) is 9.57. The third-order valence-corrected chi connectivity index (χ3v) is 5.52. The van der Waals surface area contributed by atoms with Gasteiger partial charge in [-0.25, -0.2) is 8.42 Å². The van der Waals surface area contributed by atoms with E-state index in [9.17, 15) is 18.8 Å². The molecule has 1 unspecified atom stereocenters. The van der Waals surface area contributed by atoms with Gasteiger partial charge in [-0.1, -0.05) is 32.9 Å². The van der Waals surface area contributed by atoms with Gasteiger partial charge in [0.05, 0.1) is 18.2 Å². The van der Waals surface area contributed by atoms with Crippen LogP contribution in [0.5, 0.6) is 0 Å². The van der Waals surface area contributed by atoms with Crippen molar-refractivity contribution in [1.82, 2.24) is 4.31 Å². The van der Waals surface area contributed by atoms with Crippen LogP contribution >= 0.6 is 0 Å². The number of nitriles is 1. The van der Waals surface area contributed by atoms with Crippen LogP contribution < -0.4 is 0 Å². The molecule has 0 aromatic heterocycles. The Kier molecular flexibility index (Phi) is 5.16. The standard InChI is InChI=1S/C15H22N2O3S/c1-11-7-6-8-13(12(11)9-16)21(19,20)17(5)14(10-18)15(2,3)4/h6-8,14,18H,10H2,1-5H3. The highest BCUT2D eigenvalue weighted by Crippen LogP contribution is 2.29. The fourth-order valence-electron chi connectivity index (χ4n) is 2.26. The van der Waals surface area contributed by atoms with E-state index in [4.69, 9.17) is 0 Å². The second kappa shape index (κ2) is 6.14. The predicted molar refractivity (Wildman–Crippen MR) is 81.2 cm³/mol. The summed E-state index contributed by atoms with van der Waals surface area (Å²) >= 11 is 0. The van der Waals surface area contributed by atoms with Crippen molar-refractivity contribution < 1.29 is 13.5 Å². The second-order valence-electron chi connectivity index (χ2n) is 6.15. The average Bonchev–Trinajstić information content (AvgIpc) is 2.37. The maximum Gasteiger partial charge on any atom is 0.244 e. The molecule has 1 atom stereocenters. The summed E-state index contributed by atoms with van der Waals surface area (Å²) in [6.45, 7) is 7.00. The van der Waals surface area contributed by atoms with Crippen LogP contribution in [0.1, 0.15) is 31.9 Å². The molecule has 1 aromatic carbocycles. The topological polar surface area (TPSA) is 81.4 Å². The number of hydrogen-bond acceptors (Lipinski definition) is 4. The summed E-state index contributed by atoms with van der Waals surface area (Å²) in [5.74, 6) is 0. The molecule has 0 amide bonds. The Balaban J connectivity index is 3.43. The summed E-state index contributed by atoms with van der Waals surface area (Å²) in [6, 6.07) is 6.12. The van der Waals surface area contributed by atoms with Crippen molar-refractivity contribution in [3.05, 3.63) is 29.3 Å². The summed E-state index contributed by atoms with van der Waals surface area (Å²) in [5.41, 5.74) is 0.339. The lowest BCUT2D eigenvalue weighted by Crippen LogP contribution is -2.47. The van der Waals surface area contributed by atoms with Gasteiger partial charge in [0, 0.05) is 7.05 Å². The summed E-state index contributed by atoms with van der Waals surface area (Å²) in [4.78, 5) is -0.0183. The molecule has 1 rings (SSSR count). The van der Waals surface area contributed by atoms with Crippen LogP contribution in [0.2, 0.25) is 0 Å². The minimum absolute atomic E-state index is 0.0183. The summed E-state index contributed by atoms with van der Waals surface area (Å²) in [7, 11) is -2.41. The number of aryl methyl sites for hydroxylation is 1. The van der Waals surface area contributed by atoms with E-state index in [0.717, 1.165) is 4.31 Å². The molecular formula is C15H22N2O3S. The molecule has 0 aliphatic heterocycles. The number of hydrogen-bond donors (Lipinski definition) is 1. The number of nitrogens with zero attached hydrogens (tertiary/aromatic N) is 2. The van der Waals surface area contributed by atoms with E-state index in [1.54, 1.807) is 19.1 Å². The molecule has 0 spiro atoms. The fraction of sp³-hybridized carbons (Fsp3) is 0.533. The maximum atomic E-state index is 12.8. The zero-order valence-electron chi connectivity index (χ0n) is 13.1. The average molecular weight is 310 g/mol. The largest absolute Gasteiger partial charge is 0.395 e. The van der Waals surface area contributed by atoms with Crippen LogP contribution in [-0.4, -0.2) is 37.5 Å². The lowest BCUT2D eigenvalue weighted by molar-refractivity contribution is 0.115. The van der Waals surface area contributed by atoms with E-state index in [2.05, 4.69) is 0 Å². The lowest BCUT2D eigenvalue weighted by atomic mass is 9.87. The molecule has 6 heteroatoms. The van der Waals surface area contributed by atoms with Crippen molar-refractivity contribution in [2.24, 2.45) is 5.41 Å². The minimum Gasteiger partial charge on any atom is -0.395 e. The van der Waals surface area contributed by atoms with Gasteiger partial charge in [-0.15, -0.1) is 0 Å². The zero-order valence-corrected chi connectivity index (χ0v) is 13.9. The molecule has 0 saturated carbocycles. The summed E-state index contributed by atoms with van der Waals surface area (Å²) in [6.07, 6.45) is 0. The van der Waals surface area contributed by atoms with Gasteiger partial charge in [0.15, 0.2) is 0 Å². The Labute approximate surface area is 126 Å². The molecule has 1 aromatic rings. The highest BCUT2D eigenvalue weighted by Gasteiger charge is 2.36. The van der Waals surface area contributed by atoms with E-state index < -0.39 is 21.5 Å². The normalized spacial score (nSPS) is 14.0. The van der Waals surface area contributed by atoms with E-state index in [1.165, 1.54) is 13.1 Å². The van der Waals surface area contributed by atoms with E-state index in [-0.39, 0.29) is 17.1 Å². The number of aliphatic hydroxyl groups is 1. The third kappa shape index (κ3) is 3.43. The highest BCUT2D eigenvalue weighted by molar-refractivity contribution is 7.89. The summed E-state index contributed by atoms with van der Waals surface area (Å²) in [5, 5.41) is 18.8. The Bertz CT molecular complexity index is 654. The number of rotatable bonds is 4. The van der Waals surface area contributed by atoms with Crippen LogP contribution in [0.3, 0.4) is 0 Å². The Morgan fingerprint density at radius 1 is 1.38 bits per heavy atom. The van der Waals surface area contributed by atoms with Gasteiger partial charge in [-0.3, -0.25) is 0 Å². The molecule has 0 radical (unpaired) electrons. The first-order valence-electron chi connectivity index (χ1n) is 6.66. The molecule has 0 aliphatic carbocycles. The van der Waals surface area contributed by atoms with Gasteiger partial charge in [0.1, 0.15) is 11.0 Å². The van der Waals surface area contributed by atoms with Crippen molar-refractivity contribution in [2.75, 3.05) is 13.7 Å². The minimum atomic E-state index is -3.85. The van der Waals surface area contributed by atoms with Gasteiger partial charge >= 0.3 is 0 Å². The number of sulfonamides is 1. The van der Waals surface area contributed by atoms with Crippen molar-refractivity contribution in [1.29, 1.82) is 5.26 Å². The van der Waals surface area contributed by atoms with Crippen LogP contribution in [0.4, 0.5) is 0 Å². The van der Waals surface area contributed by atoms with Crippen molar-refractivity contribution in [3.8, 4) is 6.07 Å². The van der Waals surface area contributed by atoms with E-state index >= 15 is 0 Å². The lowest BCUT2D eigenvalue weighted by Gasteiger charge is -2.36. The predicted octanol–water partition coefficient (Wildman–Crippen LogP) is 1.89. The maximum absolute atomic E-state index is 12.8. The van der Waals surface area contributed by atoms with Gasteiger partial charge in [-0.2, -0.15) is 9.57 Å². The number of likely N-dealkylation sites (N-methyl/N-ethyl adjacent to an activating group) is 1. The molecule has 0 saturated heterocycles. The number of benzene rings is 1. The Morgan fingerprint density at radius 2 is 1.95 bits per heavy atom. The van der Waals surface area contributed by atoms with Gasteiger partial charge < -0.3 is 5.11 Å². The highest BCUT2D eigenvalue weighted by atomic mass is 32.2. The molecule has 0 fully saturated rings. The van der Waals surface area contributed by atoms with E-state index in [0.29, 0.717) is 5.56 Å². The second-order valence-corrected chi connectivity index (χ2v) is 8.11. The van der Waals surface area contributed by atoms with Crippen molar-refractivity contribution in [2.45, 2.75) is 38.6 Å². The zero-order chi connectivity index (χ0) is 16.4. The molecule has 21 heavy (non-hydrogen) atoms. The van der Waals surface area contributed by atoms with Gasteiger partial charge in [0.25, 0.3) is 0 Å². The SMILES string of the molecule is Cc1cccc(S(=O)(=O)N(C)C(CO)C(C)(C)C)c1C#N. The first kappa shape index (κ1) is 17.6. The molecule has 0 aliphatic rings. The van der Waals surface area contributed by atoms with Crippen LogP contribution in [0.15, 0.2) is 23.1 Å². The molecule has 5 nitrogen and oxygen atoms in total. The van der Waals surface area contributed by atoms with Crippen LogP contribution in [-0.2, 0) is 10.0 Å². The molecule has 116 valence electrons. The van der Waals surface area contributed by atoms with Gasteiger partial charge in [-0.05, 0) is 24.0 Å². The monoisotopic (exact) mass is 310 g/mol. The molecule has 0 heterocycles. The molecule has 0 bridgehead atoms. The smallest absolute Gasteiger partial charge is 0.244 e. The van der Waals surface area contributed by atoms with Crippen molar-refractivity contribution >= 4 is 10.0 Å². The number of aliphatic hydroxyl groups excluding tert-OH is 1. The van der Waals surface area contributed by atoms with Crippen molar-refractivity contribution in [3.63, 3.8) is 0 Å². The Morgan fingerprint density at radius 3 is 2.38 bits per heavy atom. The van der Waals surface area contributed by atoms with E-state index in [1.807, 2.05) is 26.8 Å².